The van der Waals surface area contributed by atoms with Crippen molar-refractivity contribution in [1.82, 2.24) is 10.6 Å². The van der Waals surface area contributed by atoms with Gasteiger partial charge in [-0.1, -0.05) is 6.92 Å². The molecular weight excluding hydrogens is 212 g/mol. The van der Waals surface area contributed by atoms with E-state index < -0.39 is 17.6 Å². The quantitative estimate of drug-likeness (QED) is 0.489. The Morgan fingerprint density at radius 2 is 2.25 bits per heavy atom. The third-order valence-corrected chi connectivity index (χ3v) is 3.02. The Hall–Kier alpha value is -1.14. The van der Waals surface area contributed by atoms with E-state index in [9.17, 15) is 9.59 Å². The lowest BCUT2D eigenvalue weighted by atomic mass is 9.93. The molecule has 0 bridgehead atoms. The van der Waals surface area contributed by atoms with Gasteiger partial charge >= 0.3 is 5.97 Å². The van der Waals surface area contributed by atoms with Crippen LogP contribution in [0.5, 0.6) is 0 Å². The fourth-order valence-electron chi connectivity index (χ4n) is 1.91. The minimum absolute atomic E-state index is 0.229. The smallest absolute Gasteiger partial charge is 0.334 e. The van der Waals surface area contributed by atoms with Gasteiger partial charge in [0.05, 0.1) is 12.1 Å². The fraction of sp³-hybridized carbons (Fsp3) is 0.800. The summed E-state index contributed by atoms with van der Waals surface area (Å²) in [7, 11) is 0. The van der Waals surface area contributed by atoms with E-state index in [1.54, 1.807) is 0 Å². The number of aliphatic carboxylic acids is 1. The van der Waals surface area contributed by atoms with Crippen LogP contribution in [0.1, 0.15) is 26.2 Å². The van der Waals surface area contributed by atoms with Gasteiger partial charge in [0.25, 0.3) is 0 Å². The van der Waals surface area contributed by atoms with E-state index in [-0.39, 0.29) is 12.5 Å². The maximum Gasteiger partial charge on any atom is 0.334 e. The molecular formula is C10H18N2O4. The lowest BCUT2D eigenvalue weighted by molar-refractivity contribution is -0.146. The lowest BCUT2D eigenvalue weighted by Gasteiger charge is -2.26. The van der Waals surface area contributed by atoms with Crippen LogP contribution in [0.2, 0.25) is 0 Å². The number of aliphatic hydroxyl groups excluding tert-OH is 1. The van der Waals surface area contributed by atoms with E-state index in [4.69, 9.17) is 10.2 Å². The molecule has 1 aliphatic rings. The standard InChI is InChI=1S/C10H18N2O4/c1-2-10(4-3-5-12-10)9(16)11-6-7(13)8(14)15/h7,12-13H,2-6H2,1H3,(H,11,16)(H,14,15)/t7-,10?/m0/s1. The van der Waals surface area contributed by atoms with E-state index in [1.807, 2.05) is 6.92 Å². The van der Waals surface area contributed by atoms with Crippen molar-refractivity contribution in [2.75, 3.05) is 13.1 Å². The third-order valence-electron chi connectivity index (χ3n) is 3.02. The van der Waals surface area contributed by atoms with Gasteiger partial charge in [-0.2, -0.15) is 0 Å². The van der Waals surface area contributed by atoms with Crippen molar-refractivity contribution in [2.24, 2.45) is 0 Å². The fourth-order valence-corrected chi connectivity index (χ4v) is 1.91. The second kappa shape index (κ2) is 5.27. The monoisotopic (exact) mass is 230 g/mol. The summed E-state index contributed by atoms with van der Waals surface area (Å²) < 4.78 is 0. The molecule has 0 aromatic rings. The van der Waals surface area contributed by atoms with E-state index in [0.29, 0.717) is 6.42 Å². The van der Waals surface area contributed by atoms with E-state index in [1.165, 1.54) is 0 Å². The Kier molecular flexibility index (Phi) is 4.26. The van der Waals surface area contributed by atoms with Crippen molar-refractivity contribution in [2.45, 2.75) is 37.8 Å². The number of rotatable bonds is 5. The molecule has 1 unspecified atom stereocenters. The molecule has 6 heteroatoms. The van der Waals surface area contributed by atoms with Crippen molar-refractivity contribution in [3.63, 3.8) is 0 Å². The van der Waals surface area contributed by atoms with Crippen molar-refractivity contribution < 1.29 is 19.8 Å². The Morgan fingerprint density at radius 1 is 1.56 bits per heavy atom. The van der Waals surface area contributed by atoms with Crippen LogP contribution in [0.4, 0.5) is 0 Å². The zero-order chi connectivity index (χ0) is 12.2. The van der Waals surface area contributed by atoms with Crippen LogP contribution in [0, 0.1) is 0 Å². The predicted octanol–water partition coefficient (Wildman–Crippen LogP) is -0.920. The third kappa shape index (κ3) is 2.70. The van der Waals surface area contributed by atoms with Gasteiger partial charge in [-0.15, -0.1) is 0 Å². The first kappa shape index (κ1) is 12.9. The van der Waals surface area contributed by atoms with Crippen LogP contribution in [-0.2, 0) is 9.59 Å². The Balaban J connectivity index is 2.48. The largest absolute Gasteiger partial charge is 0.479 e. The molecule has 2 atom stereocenters. The van der Waals surface area contributed by atoms with Crippen LogP contribution >= 0.6 is 0 Å². The van der Waals surface area contributed by atoms with Crippen LogP contribution in [0.15, 0.2) is 0 Å². The van der Waals surface area contributed by atoms with Gasteiger partial charge in [-0.25, -0.2) is 4.79 Å². The van der Waals surface area contributed by atoms with Gasteiger partial charge in [0, 0.05) is 0 Å². The van der Waals surface area contributed by atoms with E-state index in [2.05, 4.69) is 10.6 Å². The molecule has 0 aromatic heterocycles. The molecule has 0 saturated carbocycles. The second-order valence-electron chi connectivity index (χ2n) is 4.03. The zero-order valence-electron chi connectivity index (χ0n) is 9.32. The summed E-state index contributed by atoms with van der Waals surface area (Å²) in [5.74, 6) is -1.56. The molecule has 1 fully saturated rings. The van der Waals surface area contributed by atoms with Crippen LogP contribution < -0.4 is 10.6 Å². The minimum atomic E-state index is -1.54. The molecule has 1 aliphatic heterocycles. The highest BCUT2D eigenvalue weighted by Gasteiger charge is 2.39. The number of hydrogen-bond acceptors (Lipinski definition) is 4. The van der Waals surface area contributed by atoms with Crippen molar-refractivity contribution in [3.05, 3.63) is 0 Å². The summed E-state index contributed by atoms with van der Waals surface area (Å²) in [5.41, 5.74) is -0.585. The molecule has 1 saturated heterocycles. The lowest BCUT2D eigenvalue weighted by Crippen LogP contribution is -2.54. The first-order chi connectivity index (χ1) is 7.52. The van der Waals surface area contributed by atoms with Gasteiger partial charge in [0.1, 0.15) is 0 Å². The molecule has 16 heavy (non-hydrogen) atoms. The van der Waals surface area contributed by atoms with Gasteiger partial charge in [0.2, 0.25) is 5.91 Å². The normalized spacial score (nSPS) is 26.4. The molecule has 1 heterocycles. The highest BCUT2D eigenvalue weighted by molar-refractivity contribution is 5.87. The predicted molar refractivity (Wildman–Crippen MR) is 56.9 cm³/mol. The Morgan fingerprint density at radius 3 is 2.69 bits per heavy atom. The number of aliphatic hydroxyl groups is 1. The Labute approximate surface area is 94.0 Å². The number of carbonyl (C=O) groups excluding carboxylic acids is 1. The molecule has 1 rings (SSSR count). The van der Waals surface area contributed by atoms with E-state index in [0.717, 1.165) is 19.4 Å². The van der Waals surface area contributed by atoms with Gasteiger partial charge < -0.3 is 20.8 Å². The summed E-state index contributed by atoms with van der Waals surface area (Å²) in [5, 5.41) is 23.1. The molecule has 4 N–H and O–H groups in total. The summed E-state index contributed by atoms with van der Waals surface area (Å²) in [6, 6.07) is 0. The zero-order valence-corrected chi connectivity index (χ0v) is 9.32. The number of nitrogens with one attached hydrogen (secondary N) is 2. The van der Waals surface area contributed by atoms with Gasteiger partial charge in [0.15, 0.2) is 6.10 Å². The SMILES string of the molecule is CCC1(C(=O)NC[C@H](O)C(=O)O)CCCN1. The molecule has 92 valence electrons. The maximum absolute atomic E-state index is 11.8. The minimum Gasteiger partial charge on any atom is -0.479 e. The molecule has 0 radical (unpaired) electrons. The van der Waals surface area contributed by atoms with Crippen molar-refractivity contribution in [3.8, 4) is 0 Å². The molecule has 0 aliphatic carbocycles. The summed E-state index contributed by atoms with van der Waals surface area (Å²) in [4.78, 5) is 22.2. The number of carboxylic acid groups (broad SMARTS) is 1. The number of amides is 1. The number of carboxylic acids is 1. The molecule has 1 amide bonds. The Bertz CT molecular complexity index is 274. The summed E-state index contributed by atoms with van der Waals surface area (Å²) in [6.45, 7) is 2.45. The highest BCUT2D eigenvalue weighted by Crippen LogP contribution is 2.22. The molecule has 6 nitrogen and oxygen atoms in total. The number of carbonyl (C=O) groups is 2. The highest BCUT2D eigenvalue weighted by atomic mass is 16.4. The van der Waals surface area contributed by atoms with Crippen LogP contribution in [0.3, 0.4) is 0 Å². The van der Waals surface area contributed by atoms with Crippen LogP contribution in [-0.4, -0.2) is 46.8 Å². The first-order valence-electron chi connectivity index (χ1n) is 5.46. The number of hydrogen-bond donors (Lipinski definition) is 4. The van der Waals surface area contributed by atoms with Gasteiger partial charge in [-0.05, 0) is 25.8 Å². The van der Waals surface area contributed by atoms with E-state index >= 15 is 0 Å². The second-order valence-corrected chi connectivity index (χ2v) is 4.03. The van der Waals surface area contributed by atoms with Crippen molar-refractivity contribution in [1.29, 1.82) is 0 Å². The summed E-state index contributed by atoms with van der Waals surface area (Å²) in [6.07, 6.45) is 0.794. The topological polar surface area (TPSA) is 98.7 Å². The first-order valence-corrected chi connectivity index (χ1v) is 5.46. The average Bonchev–Trinajstić information content (AvgIpc) is 2.74. The maximum atomic E-state index is 11.8. The molecule has 0 aromatic carbocycles. The molecule has 0 spiro atoms. The van der Waals surface area contributed by atoms with Crippen molar-refractivity contribution >= 4 is 11.9 Å². The average molecular weight is 230 g/mol. The van der Waals surface area contributed by atoms with Gasteiger partial charge in [-0.3, -0.25) is 4.79 Å². The summed E-state index contributed by atoms with van der Waals surface area (Å²) >= 11 is 0. The van der Waals surface area contributed by atoms with Crippen LogP contribution in [0.25, 0.3) is 0 Å².